The molecule has 0 aromatic rings. The second-order valence-corrected chi connectivity index (χ2v) is 10.6. The molecular formula is C17H33N3O2S. The molecule has 0 bridgehead atoms. The van der Waals surface area contributed by atoms with Gasteiger partial charge in [-0.05, 0) is 45.4 Å². The van der Waals surface area contributed by atoms with E-state index in [0.717, 1.165) is 25.0 Å². The van der Waals surface area contributed by atoms with E-state index in [1.54, 1.807) is 0 Å². The maximum atomic E-state index is 12.2. The van der Waals surface area contributed by atoms with E-state index in [-0.39, 0.29) is 5.75 Å². The second-order valence-electron chi connectivity index (χ2n) is 7.82. The summed E-state index contributed by atoms with van der Waals surface area (Å²) in [6.07, 6.45) is 5.16. The number of nitrogens with one attached hydrogen (secondary N) is 1. The third kappa shape index (κ3) is 4.61. The Morgan fingerprint density at radius 3 is 2.48 bits per heavy atom. The standard InChI is InChI=1S/C17H33N3O2S/c1-5-18-16(19-12-15-8-6-14(2)7-9-15)20-10-11-23(21,22)17(3,4)13-20/h14-15H,5-13H2,1-4H3,(H,18,19). The zero-order valence-corrected chi connectivity index (χ0v) is 16.0. The molecule has 1 saturated carbocycles. The number of hydrogen-bond acceptors (Lipinski definition) is 3. The highest BCUT2D eigenvalue weighted by atomic mass is 32.2. The molecule has 2 aliphatic rings. The van der Waals surface area contributed by atoms with Crippen molar-refractivity contribution in [3.05, 3.63) is 0 Å². The Morgan fingerprint density at radius 2 is 1.91 bits per heavy atom. The molecule has 6 heteroatoms. The smallest absolute Gasteiger partial charge is 0.194 e. The molecule has 0 aromatic heterocycles. The van der Waals surface area contributed by atoms with Gasteiger partial charge in [-0.2, -0.15) is 0 Å². The number of guanidine groups is 1. The molecule has 0 aromatic carbocycles. The Hall–Kier alpha value is -0.780. The third-order valence-electron chi connectivity index (χ3n) is 5.31. The number of hydrogen-bond donors (Lipinski definition) is 1. The lowest BCUT2D eigenvalue weighted by Crippen LogP contribution is -2.57. The van der Waals surface area contributed by atoms with Crippen LogP contribution in [0.2, 0.25) is 0 Å². The van der Waals surface area contributed by atoms with Crippen LogP contribution in [0.5, 0.6) is 0 Å². The van der Waals surface area contributed by atoms with Crippen molar-refractivity contribution in [2.75, 3.05) is 31.9 Å². The molecule has 0 atom stereocenters. The molecule has 0 unspecified atom stereocenters. The lowest BCUT2D eigenvalue weighted by molar-refractivity contribution is 0.294. The van der Waals surface area contributed by atoms with Gasteiger partial charge in [-0.15, -0.1) is 0 Å². The summed E-state index contributed by atoms with van der Waals surface area (Å²) in [5.41, 5.74) is 0. The van der Waals surface area contributed by atoms with E-state index in [0.29, 0.717) is 19.0 Å². The van der Waals surface area contributed by atoms with Gasteiger partial charge in [0, 0.05) is 26.2 Å². The fourth-order valence-corrected chi connectivity index (χ4v) is 4.84. The SMILES string of the molecule is CCNC(=NCC1CCC(C)CC1)N1CCS(=O)(=O)C(C)(C)C1. The number of aliphatic imine (C=N–C) groups is 1. The Labute approximate surface area is 141 Å². The first kappa shape index (κ1) is 18.6. The summed E-state index contributed by atoms with van der Waals surface area (Å²) in [6.45, 7) is 10.8. The van der Waals surface area contributed by atoms with Crippen LogP contribution in [-0.4, -0.2) is 56.0 Å². The number of rotatable bonds is 3. The topological polar surface area (TPSA) is 61.8 Å². The van der Waals surface area contributed by atoms with Crippen LogP contribution in [0.3, 0.4) is 0 Å². The van der Waals surface area contributed by atoms with Gasteiger partial charge in [0.15, 0.2) is 15.8 Å². The van der Waals surface area contributed by atoms with E-state index in [9.17, 15) is 8.42 Å². The van der Waals surface area contributed by atoms with Gasteiger partial charge in [0.25, 0.3) is 0 Å². The molecule has 1 aliphatic heterocycles. The molecule has 2 fully saturated rings. The summed E-state index contributed by atoms with van der Waals surface area (Å²) in [7, 11) is -3.01. The molecule has 0 amide bonds. The van der Waals surface area contributed by atoms with Crippen LogP contribution >= 0.6 is 0 Å². The summed E-state index contributed by atoms with van der Waals surface area (Å²) in [6, 6.07) is 0. The Balaban J connectivity index is 2.02. The molecule has 134 valence electrons. The zero-order chi connectivity index (χ0) is 17.1. The van der Waals surface area contributed by atoms with E-state index in [4.69, 9.17) is 4.99 Å². The lowest BCUT2D eigenvalue weighted by atomic mass is 9.83. The van der Waals surface area contributed by atoms with Gasteiger partial charge in [-0.3, -0.25) is 4.99 Å². The molecule has 2 rings (SSSR count). The summed E-state index contributed by atoms with van der Waals surface area (Å²) < 4.78 is 23.7. The van der Waals surface area contributed by atoms with E-state index in [1.165, 1.54) is 25.7 Å². The number of sulfone groups is 1. The lowest BCUT2D eigenvalue weighted by Gasteiger charge is -2.39. The molecule has 1 saturated heterocycles. The Bertz CT molecular complexity index is 520. The van der Waals surface area contributed by atoms with Crippen LogP contribution in [0, 0.1) is 11.8 Å². The van der Waals surface area contributed by atoms with Crippen LogP contribution in [0.25, 0.3) is 0 Å². The predicted octanol–water partition coefficient (Wildman–Crippen LogP) is 2.29. The van der Waals surface area contributed by atoms with Crippen molar-refractivity contribution >= 4 is 15.8 Å². The van der Waals surface area contributed by atoms with Gasteiger partial charge in [0.2, 0.25) is 0 Å². The van der Waals surface area contributed by atoms with E-state index < -0.39 is 14.6 Å². The van der Waals surface area contributed by atoms with Crippen molar-refractivity contribution in [1.82, 2.24) is 10.2 Å². The van der Waals surface area contributed by atoms with Gasteiger partial charge in [0.1, 0.15) is 0 Å². The minimum atomic E-state index is -3.01. The fourth-order valence-electron chi connectivity index (χ4n) is 3.48. The summed E-state index contributed by atoms with van der Waals surface area (Å²) in [5.74, 6) is 2.64. The first-order chi connectivity index (χ1) is 10.7. The van der Waals surface area contributed by atoms with Crippen LogP contribution in [0.4, 0.5) is 0 Å². The molecular weight excluding hydrogens is 310 g/mol. The minimum Gasteiger partial charge on any atom is -0.357 e. The van der Waals surface area contributed by atoms with E-state index >= 15 is 0 Å². The molecule has 5 nitrogen and oxygen atoms in total. The maximum Gasteiger partial charge on any atom is 0.194 e. The molecule has 0 radical (unpaired) electrons. The third-order valence-corrected chi connectivity index (χ3v) is 7.85. The second kappa shape index (κ2) is 7.41. The van der Waals surface area contributed by atoms with Crippen LogP contribution in [-0.2, 0) is 9.84 Å². The molecule has 1 aliphatic carbocycles. The highest BCUT2D eigenvalue weighted by Gasteiger charge is 2.41. The largest absolute Gasteiger partial charge is 0.357 e. The fraction of sp³-hybridized carbons (Fsp3) is 0.941. The average molecular weight is 344 g/mol. The van der Waals surface area contributed by atoms with Gasteiger partial charge in [-0.25, -0.2) is 8.42 Å². The van der Waals surface area contributed by atoms with Crippen LogP contribution in [0.15, 0.2) is 4.99 Å². The van der Waals surface area contributed by atoms with Crippen LogP contribution < -0.4 is 5.32 Å². The predicted molar refractivity (Wildman–Crippen MR) is 96.5 cm³/mol. The van der Waals surface area contributed by atoms with Gasteiger partial charge in [0.05, 0.1) is 10.5 Å². The first-order valence-corrected chi connectivity index (χ1v) is 10.7. The summed E-state index contributed by atoms with van der Waals surface area (Å²) in [4.78, 5) is 6.96. The van der Waals surface area contributed by atoms with Crippen LogP contribution in [0.1, 0.15) is 53.4 Å². The van der Waals surface area contributed by atoms with Crippen molar-refractivity contribution in [3.8, 4) is 0 Å². The van der Waals surface area contributed by atoms with Crippen molar-refractivity contribution in [2.24, 2.45) is 16.8 Å². The minimum absolute atomic E-state index is 0.214. The molecule has 0 spiro atoms. The monoisotopic (exact) mass is 343 g/mol. The molecule has 23 heavy (non-hydrogen) atoms. The van der Waals surface area contributed by atoms with Gasteiger partial charge in [-0.1, -0.05) is 19.8 Å². The van der Waals surface area contributed by atoms with Crippen molar-refractivity contribution in [3.63, 3.8) is 0 Å². The van der Waals surface area contributed by atoms with E-state index in [2.05, 4.69) is 24.1 Å². The maximum absolute atomic E-state index is 12.2. The van der Waals surface area contributed by atoms with E-state index in [1.807, 2.05) is 13.8 Å². The first-order valence-electron chi connectivity index (χ1n) is 9.00. The summed E-state index contributed by atoms with van der Waals surface area (Å²) in [5, 5.41) is 3.35. The highest BCUT2D eigenvalue weighted by Crippen LogP contribution is 2.28. The zero-order valence-electron chi connectivity index (χ0n) is 15.1. The molecule has 1 N–H and O–H groups in total. The van der Waals surface area contributed by atoms with Crippen molar-refractivity contribution in [1.29, 1.82) is 0 Å². The quantitative estimate of drug-likeness (QED) is 0.631. The van der Waals surface area contributed by atoms with Gasteiger partial charge >= 0.3 is 0 Å². The summed E-state index contributed by atoms with van der Waals surface area (Å²) >= 11 is 0. The molecule has 1 heterocycles. The van der Waals surface area contributed by atoms with Gasteiger partial charge < -0.3 is 10.2 Å². The Kier molecular flexibility index (Phi) is 5.98. The number of nitrogens with zero attached hydrogens (tertiary/aromatic N) is 2. The normalized spacial score (nSPS) is 31.0. The average Bonchev–Trinajstić information content (AvgIpc) is 2.48. The van der Waals surface area contributed by atoms with Crippen molar-refractivity contribution < 1.29 is 8.42 Å². The highest BCUT2D eigenvalue weighted by molar-refractivity contribution is 7.92. The van der Waals surface area contributed by atoms with Crippen molar-refractivity contribution in [2.45, 2.75) is 58.1 Å². The Morgan fingerprint density at radius 1 is 1.26 bits per heavy atom.